The fraction of sp³-hybridized carbons (Fsp3) is 0.400. The Labute approximate surface area is 86.3 Å². The van der Waals surface area contributed by atoms with Crippen LogP contribution in [-0.4, -0.2) is 6.04 Å². The Morgan fingerprint density at radius 3 is 2.77 bits per heavy atom. The molecule has 0 unspecified atom stereocenters. The Kier molecular flexibility index (Phi) is 3.88. The number of hydrogen-bond donors (Lipinski definition) is 1. The molecule has 0 saturated carbocycles. The van der Waals surface area contributed by atoms with Gasteiger partial charge in [-0.05, 0) is 37.5 Å². The van der Waals surface area contributed by atoms with Crippen molar-refractivity contribution in [3.8, 4) is 0 Å². The highest BCUT2D eigenvalue weighted by Gasteiger charge is 2.02. The molecule has 1 aromatic carbocycles. The molecule has 0 fully saturated rings. The van der Waals surface area contributed by atoms with Crippen LogP contribution in [0.25, 0.3) is 0 Å². The summed E-state index contributed by atoms with van der Waals surface area (Å²) in [6.07, 6.45) is 1.81. The van der Waals surface area contributed by atoms with Gasteiger partial charge in [-0.15, -0.1) is 0 Å². The number of benzene rings is 1. The average molecular weight is 246 g/mol. The molecule has 0 spiro atoms. The summed E-state index contributed by atoms with van der Waals surface area (Å²) < 4.78 is 13.5. The lowest BCUT2D eigenvalue weighted by Crippen LogP contribution is -2.15. The summed E-state index contributed by atoms with van der Waals surface area (Å²) in [6.45, 7) is 1.97. The summed E-state index contributed by atoms with van der Waals surface area (Å²) in [5, 5.41) is 0. The van der Waals surface area contributed by atoms with Gasteiger partial charge in [-0.25, -0.2) is 4.39 Å². The van der Waals surface area contributed by atoms with Crippen LogP contribution in [0.3, 0.4) is 0 Å². The highest BCUT2D eigenvalue weighted by atomic mass is 79.9. The molecule has 0 aliphatic rings. The van der Waals surface area contributed by atoms with Crippen molar-refractivity contribution in [2.24, 2.45) is 5.73 Å². The van der Waals surface area contributed by atoms with Crippen LogP contribution >= 0.6 is 15.9 Å². The topological polar surface area (TPSA) is 26.0 Å². The molecule has 0 heterocycles. The van der Waals surface area contributed by atoms with Gasteiger partial charge >= 0.3 is 0 Å². The van der Waals surface area contributed by atoms with E-state index in [1.54, 1.807) is 6.07 Å². The van der Waals surface area contributed by atoms with Crippen LogP contribution in [-0.2, 0) is 6.42 Å². The molecule has 3 heteroatoms. The SMILES string of the molecule is C[C@@H](N)CCc1ccc(F)cc1Br. The van der Waals surface area contributed by atoms with Gasteiger partial charge in [0.05, 0.1) is 0 Å². The van der Waals surface area contributed by atoms with E-state index in [9.17, 15) is 4.39 Å². The average Bonchev–Trinajstić information content (AvgIpc) is 2.02. The molecule has 72 valence electrons. The lowest BCUT2D eigenvalue weighted by molar-refractivity contribution is 0.623. The van der Waals surface area contributed by atoms with Crippen molar-refractivity contribution in [2.45, 2.75) is 25.8 Å². The first-order valence-corrected chi connectivity index (χ1v) is 5.08. The predicted molar refractivity (Wildman–Crippen MR) is 56.1 cm³/mol. The summed E-state index contributed by atoms with van der Waals surface area (Å²) in [7, 11) is 0. The van der Waals surface area contributed by atoms with Crippen molar-refractivity contribution >= 4 is 15.9 Å². The third-order valence-electron chi connectivity index (χ3n) is 1.88. The Balaban J connectivity index is 2.67. The Hall–Kier alpha value is -0.410. The van der Waals surface area contributed by atoms with Crippen molar-refractivity contribution < 1.29 is 4.39 Å². The van der Waals surface area contributed by atoms with Gasteiger partial charge in [-0.2, -0.15) is 0 Å². The molecule has 0 aliphatic carbocycles. The normalized spacial score (nSPS) is 12.9. The van der Waals surface area contributed by atoms with Crippen molar-refractivity contribution in [2.75, 3.05) is 0 Å². The molecule has 0 amide bonds. The van der Waals surface area contributed by atoms with E-state index in [2.05, 4.69) is 15.9 Å². The van der Waals surface area contributed by atoms with E-state index in [0.29, 0.717) is 0 Å². The van der Waals surface area contributed by atoms with E-state index >= 15 is 0 Å². The Morgan fingerprint density at radius 1 is 1.54 bits per heavy atom. The maximum Gasteiger partial charge on any atom is 0.124 e. The molecule has 0 saturated heterocycles. The van der Waals surface area contributed by atoms with Gasteiger partial charge in [0.25, 0.3) is 0 Å². The zero-order valence-corrected chi connectivity index (χ0v) is 9.14. The minimum atomic E-state index is -0.212. The lowest BCUT2D eigenvalue weighted by Gasteiger charge is -2.06. The third kappa shape index (κ3) is 3.44. The molecular weight excluding hydrogens is 233 g/mol. The minimum absolute atomic E-state index is 0.192. The summed E-state index contributed by atoms with van der Waals surface area (Å²) in [6, 6.07) is 4.94. The molecule has 13 heavy (non-hydrogen) atoms. The maximum absolute atomic E-state index is 12.7. The molecule has 0 radical (unpaired) electrons. The van der Waals surface area contributed by atoms with Crippen LogP contribution < -0.4 is 5.73 Å². The molecular formula is C10H13BrFN. The van der Waals surface area contributed by atoms with Crippen LogP contribution in [0.2, 0.25) is 0 Å². The summed E-state index contributed by atoms with van der Waals surface area (Å²) in [5.41, 5.74) is 6.74. The molecule has 1 aromatic rings. The highest BCUT2D eigenvalue weighted by Crippen LogP contribution is 2.19. The van der Waals surface area contributed by atoms with Gasteiger partial charge in [0.2, 0.25) is 0 Å². The first-order chi connectivity index (χ1) is 6.09. The highest BCUT2D eigenvalue weighted by molar-refractivity contribution is 9.10. The monoisotopic (exact) mass is 245 g/mol. The zero-order chi connectivity index (χ0) is 9.84. The molecule has 0 aromatic heterocycles. The minimum Gasteiger partial charge on any atom is -0.328 e. The molecule has 1 atom stereocenters. The van der Waals surface area contributed by atoms with Crippen LogP contribution in [0, 0.1) is 5.82 Å². The number of hydrogen-bond acceptors (Lipinski definition) is 1. The van der Waals surface area contributed by atoms with Gasteiger partial charge in [0.1, 0.15) is 5.82 Å². The molecule has 0 bridgehead atoms. The van der Waals surface area contributed by atoms with Crippen LogP contribution in [0.15, 0.2) is 22.7 Å². The van der Waals surface area contributed by atoms with E-state index in [4.69, 9.17) is 5.73 Å². The summed E-state index contributed by atoms with van der Waals surface area (Å²) >= 11 is 3.32. The van der Waals surface area contributed by atoms with E-state index < -0.39 is 0 Å². The quantitative estimate of drug-likeness (QED) is 0.871. The fourth-order valence-corrected chi connectivity index (χ4v) is 1.66. The van der Waals surface area contributed by atoms with E-state index in [1.807, 2.05) is 6.92 Å². The van der Waals surface area contributed by atoms with Gasteiger partial charge in [0.15, 0.2) is 0 Å². The smallest absolute Gasteiger partial charge is 0.124 e. The predicted octanol–water partition coefficient (Wildman–Crippen LogP) is 2.87. The largest absolute Gasteiger partial charge is 0.328 e. The van der Waals surface area contributed by atoms with E-state index in [1.165, 1.54) is 12.1 Å². The van der Waals surface area contributed by atoms with Gasteiger partial charge < -0.3 is 5.73 Å². The first kappa shape index (κ1) is 10.7. The number of rotatable bonds is 3. The van der Waals surface area contributed by atoms with Crippen LogP contribution in [0.5, 0.6) is 0 Å². The Bertz CT molecular complexity index is 286. The first-order valence-electron chi connectivity index (χ1n) is 4.29. The molecule has 2 N–H and O–H groups in total. The maximum atomic E-state index is 12.7. The van der Waals surface area contributed by atoms with E-state index in [0.717, 1.165) is 22.9 Å². The van der Waals surface area contributed by atoms with Crippen molar-refractivity contribution in [1.82, 2.24) is 0 Å². The van der Waals surface area contributed by atoms with Gasteiger partial charge in [-0.1, -0.05) is 22.0 Å². The van der Waals surface area contributed by atoms with Crippen LogP contribution in [0.1, 0.15) is 18.9 Å². The zero-order valence-electron chi connectivity index (χ0n) is 7.56. The lowest BCUT2D eigenvalue weighted by atomic mass is 10.1. The standard InChI is InChI=1S/C10H13BrFN/c1-7(13)2-3-8-4-5-9(12)6-10(8)11/h4-7H,2-3,13H2,1H3/t7-/m1/s1. The number of halogens is 2. The van der Waals surface area contributed by atoms with Crippen molar-refractivity contribution in [1.29, 1.82) is 0 Å². The molecule has 0 aliphatic heterocycles. The van der Waals surface area contributed by atoms with E-state index in [-0.39, 0.29) is 11.9 Å². The number of aryl methyl sites for hydroxylation is 1. The van der Waals surface area contributed by atoms with Gasteiger partial charge in [-0.3, -0.25) is 0 Å². The van der Waals surface area contributed by atoms with Crippen molar-refractivity contribution in [3.63, 3.8) is 0 Å². The number of nitrogens with two attached hydrogens (primary N) is 1. The fourth-order valence-electron chi connectivity index (χ4n) is 1.11. The van der Waals surface area contributed by atoms with Crippen LogP contribution in [0.4, 0.5) is 4.39 Å². The second-order valence-electron chi connectivity index (χ2n) is 3.25. The molecule has 1 rings (SSSR count). The third-order valence-corrected chi connectivity index (χ3v) is 2.62. The second kappa shape index (κ2) is 4.72. The Morgan fingerprint density at radius 2 is 2.23 bits per heavy atom. The second-order valence-corrected chi connectivity index (χ2v) is 4.11. The molecule has 1 nitrogen and oxygen atoms in total. The summed E-state index contributed by atoms with van der Waals surface area (Å²) in [5.74, 6) is -0.212. The summed E-state index contributed by atoms with van der Waals surface area (Å²) in [4.78, 5) is 0. The van der Waals surface area contributed by atoms with Crippen molar-refractivity contribution in [3.05, 3.63) is 34.1 Å². The van der Waals surface area contributed by atoms with Gasteiger partial charge in [0, 0.05) is 10.5 Å².